The number of hydrogen-bond donors (Lipinski definition) is 2. The van der Waals surface area contributed by atoms with Gasteiger partial charge in [0.15, 0.2) is 5.12 Å². The van der Waals surface area contributed by atoms with E-state index in [1.165, 1.54) is 58.8 Å². The summed E-state index contributed by atoms with van der Waals surface area (Å²) in [5.41, 5.74) is 0. The summed E-state index contributed by atoms with van der Waals surface area (Å²) in [7, 11) is -0.898. The third kappa shape index (κ3) is 32.3. The largest absolute Gasteiger partial charge is 0.455 e. The summed E-state index contributed by atoms with van der Waals surface area (Å²) >= 11 is 12.0. The lowest BCUT2D eigenvalue weighted by Gasteiger charge is -2.05. The van der Waals surface area contributed by atoms with Crippen LogP contribution in [0.5, 0.6) is 0 Å². The van der Waals surface area contributed by atoms with E-state index >= 15 is 0 Å². The minimum absolute atomic E-state index is 0.0718. The summed E-state index contributed by atoms with van der Waals surface area (Å²) in [4.78, 5) is 33.6. The molecule has 0 rings (SSSR count). The van der Waals surface area contributed by atoms with Crippen LogP contribution in [-0.4, -0.2) is 105 Å². The third-order valence-corrected chi connectivity index (χ3v) is 13.5. The molecule has 17 heteroatoms. The highest BCUT2D eigenvalue weighted by Crippen LogP contribution is 2.18. The standard InChI is InChI=1S/C20H38O8S9/c21-11-31-15-33-13-26-19(23)3-8-30-7-2-10-37(25)18-35-17-36-20(24)4-9-29-6-1-5-27-28-14-34-16-32-12-22/h21-22H,1-18H2. The van der Waals surface area contributed by atoms with Crippen molar-refractivity contribution in [3.8, 4) is 0 Å². The Morgan fingerprint density at radius 2 is 1.38 bits per heavy atom. The molecule has 0 saturated heterocycles. The average molecular weight is 695 g/mol. The molecule has 0 aliphatic rings. The molecule has 0 aromatic rings. The Morgan fingerprint density at radius 3 is 2.11 bits per heavy atom. The van der Waals surface area contributed by atoms with E-state index in [4.69, 9.17) is 24.7 Å². The Hall–Kier alpha value is 1.93. The lowest BCUT2D eigenvalue weighted by molar-refractivity contribution is -0.278. The number of esters is 1. The van der Waals surface area contributed by atoms with E-state index in [0.29, 0.717) is 58.1 Å². The van der Waals surface area contributed by atoms with Crippen molar-refractivity contribution in [1.82, 2.24) is 0 Å². The van der Waals surface area contributed by atoms with Crippen molar-refractivity contribution in [3.63, 3.8) is 0 Å². The summed E-state index contributed by atoms with van der Waals surface area (Å²) in [6.45, 7) is 0.524. The predicted octanol–water partition coefficient (Wildman–Crippen LogP) is 4.82. The van der Waals surface area contributed by atoms with E-state index in [9.17, 15) is 13.8 Å². The van der Waals surface area contributed by atoms with E-state index in [1.54, 1.807) is 35.3 Å². The van der Waals surface area contributed by atoms with Crippen LogP contribution < -0.4 is 0 Å². The van der Waals surface area contributed by atoms with Crippen molar-refractivity contribution >= 4 is 116 Å². The molecule has 0 saturated carbocycles. The monoisotopic (exact) mass is 694 g/mol. The lowest BCUT2D eigenvalue weighted by atomic mass is 10.5. The smallest absolute Gasteiger partial charge is 0.307 e. The second-order valence-electron chi connectivity index (χ2n) is 6.53. The van der Waals surface area contributed by atoms with Crippen molar-refractivity contribution in [2.24, 2.45) is 0 Å². The fraction of sp³-hybridized carbons (Fsp3) is 0.900. The van der Waals surface area contributed by atoms with Crippen LogP contribution in [-0.2, 0) is 34.9 Å². The number of carbonyl (C=O) groups excluding carboxylic acids is 2. The molecule has 0 amide bonds. The van der Waals surface area contributed by atoms with E-state index in [-0.39, 0.29) is 23.0 Å². The van der Waals surface area contributed by atoms with Gasteiger partial charge in [-0.25, -0.2) is 9.78 Å². The zero-order valence-corrected chi connectivity index (χ0v) is 28.1. The van der Waals surface area contributed by atoms with Gasteiger partial charge in [-0.15, -0.1) is 58.8 Å². The summed E-state index contributed by atoms with van der Waals surface area (Å²) in [6, 6.07) is 0. The van der Waals surface area contributed by atoms with Crippen LogP contribution in [0.3, 0.4) is 0 Å². The maximum atomic E-state index is 12.1. The zero-order valence-electron chi connectivity index (χ0n) is 20.7. The molecule has 1 atom stereocenters. The van der Waals surface area contributed by atoms with Gasteiger partial charge in [0.2, 0.25) is 0 Å². The fourth-order valence-electron chi connectivity index (χ4n) is 1.99. The molecule has 220 valence electrons. The minimum Gasteiger partial charge on any atom is -0.455 e. The van der Waals surface area contributed by atoms with Gasteiger partial charge in [0.25, 0.3) is 0 Å². The van der Waals surface area contributed by atoms with Gasteiger partial charge in [-0.1, -0.05) is 11.8 Å². The van der Waals surface area contributed by atoms with Crippen molar-refractivity contribution in [2.45, 2.75) is 25.7 Å². The number of hydrogen-bond acceptors (Lipinski definition) is 16. The van der Waals surface area contributed by atoms with E-state index in [0.717, 1.165) is 35.2 Å². The van der Waals surface area contributed by atoms with Crippen LogP contribution in [0.1, 0.15) is 25.7 Å². The number of carbonyl (C=O) groups is 2. The van der Waals surface area contributed by atoms with Crippen LogP contribution in [0.2, 0.25) is 0 Å². The van der Waals surface area contributed by atoms with Gasteiger partial charge in [0.1, 0.15) is 11.9 Å². The highest BCUT2D eigenvalue weighted by Gasteiger charge is 2.06. The number of aliphatic hydroxyl groups excluding tert-OH is 2. The van der Waals surface area contributed by atoms with Gasteiger partial charge in [-0.3, -0.25) is 13.8 Å². The molecule has 0 radical (unpaired) electrons. The molecule has 0 heterocycles. The molecular formula is C20H38O8S9. The highest BCUT2D eigenvalue weighted by molar-refractivity contribution is 8.26. The molecule has 37 heavy (non-hydrogen) atoms. The Labute approximate surface area is 257 Å². The van der Waals surface area contributed by atoms with E-state index < -0.39 is 10.8 Å². The second-order valence-corrected chi connectivity index (χ2v) is 17.8. The SMILES string of the molecule is O=C(CCSCCCS(=O)CSCSC(=O)CCSCCCOOCSCSCO)OCSCSCO. The van der Waals surface area contributed by atoms with Gasteiger partial charge in [-0.2, -0.15) is 23.5 Å². The minimum atomic E-state index is -0.898. The first-order valence-electron chi connectivity index (χ1n) is 11.3. The van der Waals surface area contributed by atoms with Gasteiger partial charge in [0, 0.05) is 49.7 Å². The third-order valence-electron chi connectivity index (χ3n) is 3.63. The Balaban J connectivity index is 3.36. The number of rotatable bonds is 29. The van der Waals surface area contributed by atoms with Crippen LogP contribution in [0.4, 0.5) is 0 Å². The summed E-state index contributed by atoms with van der Waals surface area (Å²) in [5.74, 6) is 4.63. The molecule has 0 aliphatic carbocycles. The second kappa shape index (κ2) is 32.4. The van der Waals surface area contributed by atoms with Crippen molar-refractivity contribution < 1.29 is 38.5 Å². The lowest BCUT2D eigenvalue weighted by Crippen LogP contribution is -2.06. The molecule has 8 nitrogen and oxygen atoms in total. The van der Waals surface area contributed by atoms with E-state index in [1.807, 2.05) is 0 Å². The van der Waals surface area contributed by atoms with Crippen molar-refractivity contribution in [3.05, 3.63) is 0 Å². The Kier molecular flexibility index (Phi) is 34.1. The molecule has 2 N–H and O–H groups in total. The number of aliphatic hydroxyl groups is 2. The number of ether oxygens (including phenoxy) is 1. The Morgan fingerprint density at radius 1 is 0.703 bits per heavy atom. The summed E-state index contributed by atoms with van der Waals surface area (Å²) < 4.78 is 17.2. The van der Waals surface area contributed by atoms with Crippen LogP contribution in [0.15, 0.2) is 0 Å². The molecule has 1 unspecified atom stereocenters. The predicted molar refractivity (Wildman–Crippen MR) is 173 cm³/mol. The van der Waals surface area contributed by atoms with Gasteiger partial charge in [0.05, 0.1) is 30.0 Å². The molecule has 0 spiro atoms. The summed E-state index contributed by atoms with van der Waals surface area (Å²) in [6.07, 6.45) is 2.60. The van der Waals surface area contributed by atoms with E-state index in [2.05, 4.69) is 0 Å². The summed E-state index contributed by atoms with van der Waals surface area (Å²) in [5, 5.41) is 20.1. The first-order chi connectivity index (χ1) is 18.1. The van der Waals surface area contributed by atoms with Crippen molar-refractivity contribution in [1.29, 1.82) is 0 Å². The molecule has 0 aromatic carbocycles. The van der Waals surface area contributed by atoms with Crippen molar-refractivity contribution in [2.75, 3.05) is 79.5 Å². The highest BCUT2D eigenvalue weighted by atomic mass is 32.2. The normalized spacial score (nSPS) is 12.1. The molecular weight excluding hydrogens is 657 g/mol. The zero-order chi connectivity index (χ0) is 27.2. The average Bonchev–Trinajstić information content (AvgIpc) is 2.89. The van der Waals surface area contributed by atoms with Gasteiger partial charge in [-0.05, 0) is 24.3 Å². The molecule has 0 bridgehead atoms. The fourth-order valence-corrected chi connectivity index (χ4v) is 10.1. The van der Waals surface area contributed by atoms with Gasteiger partial charge < -0.3 is 14.9 Å². The maximum Gasteiger partial charge on any atom is 0.307 e. The Bertz CT molecular complexity index is 564. The van der Waals surface area contributed by atoms with Crippen LogP contribution >= 0.6 is 94.1 Å². The van der Waals surface area contributed by atoms with Gasteiger partial charge >= 0.3 is 5.97 Å². The maximum absolute atomic E-state index is 12.1. The molecule has 0 fully saturated rings. The number of thioether (sulfide) groups is 8. The van der Waals surface area contributed by atoms with Crippen LogP contribution in [0, 0.1) is 0 Å². The first kappa shape index (κ1) is 38.9. The molecule has 0 aromatic heterocycles. The molecule has 0 aliphatic heterocycles. The quantitative estimate of drug-likeness (QED) is 0.0366. The first-order valence-corrected chi connectivity index (χ1v) is 21.8. The van der Waals surface area contributed by atoms with Crippen LogP contribution in [0.25, 0.3) is 0 Å². The topological polar surface area (TPSA) is 119 Å².